The third kappa shape index (κ3) is 1.52. The first-order valence-electron chi connectivity index (χ1n) is 8.67. The van der Waals surface area contributed by atoms with Crippen LogP contribution in [-0.2, 0) is 6.42 Å². The van der Waals surface area contributed by atoms with Gasteiger partial charge < -0.3 is 0 Å². The molecule has 0 radical (unpaired) electrons. The molecule has 4 heterocycles. The summed E-state index contributed by atoms with van der Waals surface area (Å²) >= 11 is 0. The minimum Gasteiger partial charge on any atom is -0.294 e. The van der Waals surface area contributed by atoms with E-state index in [2.05, 4.69) is 40.7 Å². The van der Waals surface area contributed by atoms with E-state index >= 15 is 0 Å². The predicted molar refractivity (Wildman–Crippen MR) is 87.1 cm³/mol. The average molecular weight is 294 g/mol. The number of aromatic nitrogens is 1. The molecular formula is C19H22N2O. The van der Waals surface area contributed by atoms with Crippen LogP contribution in [0.15, 0.2) is 24.3 Å². The lowest BCUT2D eigenvalue weighted by Crippen LogP contribution is -2.50. The van der Waals surface area contributed by atoms with Gasteiger partial charge in [0.15, 0.2) is 0 Å². The molecule has 3 nitrogen and oxygen atoms in total. The second-order valence-corrected chi connectivity index (χ2v) is 7.27. The highest BCUT2D eigenvalue weighted by Gasteiger charge is 2.46. The summed E-state index contributed by atoms with van der Waals surface area (Å²) < 4.78 is 2.06. The van der Waals surface area contributed by atoms with Crippen molar-refractivity contribution in [2.24, 2.45) is 11.8 Å². The van der Waals surface area contributed by atoms with E-state index in [0.717, 1.165) is 30.8 Å². The Bertz CT molecular complexity index is 775. The summed E-state index contributed by atoms with van der Waals surface area (Å²) in [6, 6.07) is 8.96. The fraction of sp³-hybridized carbons (Fsp3) is 0.526. The van der Waals surface area contributed by atoms with Gasteiger partial charge in [0.2, 0.25) is 5.91 Å². The van der Waals surface area contributed by atoms with E-state index in [9.17, 15) is 4.79 Å². The summed E-state index contributed by atoms with van der Waals surface area (Å²) in [6.07, 6.45) is 4.28. The van der Waals surface area contributed by atoms with Gasteiger partial charge in [-0.2, -0.15) is 0 Å². The number of nitrogens with zero attached hydrogens (tertiary/aromatic N) is 2. The van der Waals surface area contributed by atoms with Crippen molar-refractivity contribution in [3.05, 3.63) is 35.5 Å². The van der Waals surface area contributed by atoms with Gasteiger partial charge in [-0.25, -0.2) is 0 Å². The van der Waals surface area contributed by atoms with Crippen LogP contribution in [0.5, 0.6) is 0 Å². The standard InChI is InChI=1S/C19H22N2O/c1-2-12-9-13-10-17(22)21-16-6-4-3-5-14(16)15-7-8-20(11-12)18(13)19(15)21/h3-6,12-13,18H,2,7-11H2,1H3. The molecule has 0 spiro atoms. The second kappa shape index (κ2) is 4.45. The third-order valence-electron chi connectivity index (χ3n) is 6.18. The second-order valence-electron chi connectivity index (χ2n) is 7.27. The lowest BCUT2D eigenvalue weighted by Gasteiger charge is -2.49. The van der Waals surface area contributed by atoms with Crippen LogP contribution in [0.2, 0.25) is 0 Å². The van der Waals surface area contributed by atoms with Gasteiger partial charge in [-0.3, -0.25) is 14.3 Å². The smallest absolute Gasteiger partial charge is 0.231 e. The van der Waals surface area contributed by atoms with E-state index in [-0.39, 0.29) is 0 Å². The molecule has 0 saturated carbocycles. The van der Waals surface area contributed by atoms with Crippen molar-refractivity contribution in [1.29, 1.82) is 0 Å². The minimum atomic E-state index is 0.317. The predicted octanol–water partition coefficient (Wildman–Crippen LogP) is 3.63. The van der Waals surface area contributed by atoms with Crippen LogP contribution in [0.4, 0.5) is 0 Å². The summed E-state index contributed by atoms with van der Waals surface area (Å²) in [5.41, 5.74) is 3.92. The van der Waals surface area contributed by atoms with Crippen molar-refractivity contribution >= 4 is 16.8 Å². The maximum absolute atomic E-state index is 12.8. The van der Waals surface area contributed by atoms with Crippen molar-refractivity contribution < 1.29 is 4.79 Å². The zero-order chi connectivity index (χ0) is 14.8. The van der Waals surface area contributed by atoms with E-state index in [0.29, 0.717) is 17.9 Å². The van der Waals surface area contributed by atoms with E-state index < -0.39 is 0 Å². The molecule has 0 bridgehead atoms. The van der Waals surface area contributed by atoms with Crippen LogP contribution in [0.1, 0.15) is 48.3 Å². The molecule has 22 heavy (non-hydrogen) atoms. The zero-order valence-electron chi connectivity index (χ0n) is 13.1. The Morgan fingerprint density at radius 2 is 2.14 bits per heavy atom. The lowest BCUT2D eigenvalue weighted by atomic mass is 9.74. The van der Waals surface area contributed by atoms with Crippen molar-refractivity contribution in [3.8, 4) is 0 Å². The topological polar surface area (TPSA) is 25.2 Å². The lowest BCUT2D eigenvalue weighted by molar-refractivity contribution is 0.0238. The Kier molecular flexibility index (Phi) is 2.61. The molecule has 3 aliphatic heterocycles. The van der Waals surface area contributed by atoms with Crippen LogP contribution in [0.3, 0.4) is 0 Å². The molecule has 3 aliphatic rings. The van der Waals surface area contributed by atoms with Crippen molar-refractivity contribution in [2.45, 2.75) is 38.6 Å². The molecule has 1 fully saturated rings. The summed E-state index contributed by atoms with van der Waals surface area (Å²) in [4.78, 5) is 15.5. The molecule has 0 aliphatic carbocycles. The molecule has 1 saturated heterocycles. The number of rotatable bonds is 1. The molecule has 5 rings (SSSR count). The van der Waals surface area contributed by atoms with Crippen LogP contribution in [0.25, 0.3) is 10.9 Å². The molecule has 3 heteroatoms. The number of carbonyl (C=O) groups is 1. The first-order valence-corrected chi connectivity index (χ1v) is 8.67. The first-order chi connectivity index (χ1) is 10.8. The van der Waals surface area contributed by atoms with E-state index in [4.69, 9.17) is 0 Å². The Morgan fingerprint density at radius 3 is 3.00 bits per heavy atom. The van der Waals surface area contributed by atoms with Crippen molar-refractivity contribution in [1.82, 2.24) is 9.47 Å². The van der Waals surface area contributed by atoms with E-state index in [1.54, 1.807) is 0 Å². The first kappa shape index (κ1) is 12.9. The molecule has 114 valence electrons. The van der Waals surface area contributed by atoms with Crippen LogP contribution >= 0.6 is 0 Å². The molecule has 1 aromatic carbocycles. The van der Waals surface area contributed by atoms with Crippen molar-refractivity contribution in [3.63, 3.8) is 0 Å². The van der Waals surface area contributed by atoms with Gasteiger partial charge in [0.1, 0.15) is 0 Å². The van der Waals surface area contributed by atoms with Gasteiger partial charge in [0.05, 0.1) is 11.6 Å². The van der Waals surface area contributed by atoms with Crippen LogP contribution in [0, 0.1) is 11.8 Å². The molecule has 2 aromatic rings. The highest BCUT2D eigenvalue weighted by atomic mass is 16.2. The van der Waals surface area contributed by atoms with Gasteiger partial charge in [-0.1, -0.05) is 31.5 Å². The maximum atomic E-state index is 12.8. The zero-order valence-corrected chi connectivity index (χ0v) is 13.1. The minimum absolute atomic E-state index is 0.317. The fourth-order valence-electron chi connectivity index (χ4n) is 5.23. The number of benzene rings is 1. The highest BCUT2D eigenvalue weighted by molar-refractivity contribution is 5.97. The Morgan fingerprint density at radius 1 is 1.27 bits per heavy atom. The number of carbonyl (C=O) groups excluding carboxylic acids is 1. The average Bonchev–Trinajstić information content (AvgIpc) is 2.89. The van der Waals surface area contributed by atoms with Crippen molar-refractivity contribution in [2.75, 3.05) is 13.1 Å². The largest absolute Gasteiger partial charge is 0.294 e. The molecule has 0 N–H and O–H groups in total. The van der Waals surface area contributed by atoms with Gasteiger partial charge in [0, 0.05) is 30.6 Å². The monoisotopic (exact) mass is 294 g/mol. The molecule has 3 unspecified atom stereocenters. The number of hydrogen-bond donors (Lipinski definition) is 0. The maximum Gasteiger partial charge on any atom is 0.231 e. The van der Waals surface area contributed by atoms with E-state index in [1.807, 2.05) is 0 Å². The highest BCUT2D eigenvalue weighted by Crippen LogP contribution is 2.49. The molecule has 3 atom stereocenters. The van der Waals surface area contributed by atoms with Gasteiger partial charge >= 0.3 is 0 Å². The number of para-hydroxylation sites is 1. The SMILES string of the molecule is CCC1CC2CC(=O)n3c4c(c5ccccc53)CCN(C1)C42. The Hall–Kier alpha value is -1.61. The summed E-state index contributed by atoms with van der Waals surface area (Å²) in [5.74, 6) is 1.62. The van der Waals surface area contributed by atoms with Gasteiger partial charge in [0.25, 0.3) is 0 Å². The number of hydrogen-bond acceptors (Lipinski definition) is 2. The van der Waals surface area contributed by atoms with E-state index in [1.165, 1.54) is 36.0 Å². The molecule has 0 amide bonds. The third-order valence-corrected chi connectivity index (χ3v) is 6.18. The summed E-state index contributed by atoms with van der Waals surface area (Å²) in [7, 11) is 0. The Labute approximate surface area is 130 Å². The van der Waals surface area contributed by atoms with Gasteiger partial charge in [-0.05, 0) is 36.3 Å². The fourth-order valence-corrected chi connectivity index (χ4v) is 5.23. The Balaban J connectivity index is 1.76. The van der Waals surface area contributed by atoms with Crippen LogP contribution < -0.4 is 0 Å². The summed E-state index contributed by atoms with van der Waals surface area (Å²) in [6.45, 7) is 4.67. The molecule has 1 aromatic heterocycles. The van der Waals surface area contributed by atoms with Crippen LogP contribution in [-0.4, -0.2) is 28.5 Å². The molecular weight excluding hydrogens is 272 g/mol. The van der Waals surface area contributed by atoms with Gasteiger partial charge in [-0.15, -0.1) is 0 Å². The summed E-state index contributed by atoms with van der Waals surface area (Å²) in [5, 5.41) is 1.31. The quantitative estimate of drug-likeness (QED) is 0.802. The number of piperidine rings is 1. The number of fused-ring (bicyclic) bond motifs is 3. The normalized spacial score (nSPS) is 30.6.